The fourth-order valence-corrected chi connectivity index (χ4v) is 1.88. The number of rotatable bonds is 7. The molecule has 0 saturated carbocycles. The summed E-state index contributed by atoms with van der Waals surface area (Å²) < 4.78 is 6.43. The Labute approximate surface area is 127 Å². The van der Waals surface area contributed by atoms with Crippen LogP contribution in [-0.4, -0.2) is 28.1 Å². The minimum absolute atomic E-state index is 0.528. The average molecular weight is 337 g/mol. The smallest absolute Gasteiger partial charge is 0.232 e. The van der Waals surface area contributed by atoms with Crippen molar-refractivity contribution in [3.05, 3.63) is 40.8 Å². The lowest BCUT2D eigenvalue weighted by Gasteiger charge is -2.09. The first-order valence-corrected chi connectivity index (χ1v) is 7.38. The summed E-state index contributed by atoms with van der Waals surface area (Å²) in [6.45, 7) is 3.46. The van der Waals surface area contributed by atoms with Crippen molar-refractivity contribution in [1.82, 2.24) is 15.0 Å². The Morgan fingerprint density at radius 1 is 1.30 bits per heavy atom. The molecule has 0 bridgehead atoms. The van der Waals surface area contributed by atoms with Crippen molar-refractivity contribution in [3.8, 4) is 5.88 Å². The highest BCUT2D eigenvalue weighted by atomic mass is 79.9. The van der Waals surface area contributed by atoms with Gasteiger partial charge in [0.15, 0.2) is 0 Å². The van der Waals surface area contributed by atoms with E-state index in [0.29, 0.717) is 18.4 Å². The third-order valence-corrected chi connectivity index (χ3v) is 3.11. The topological polar surface area (TPSA) is 59.9 Å². The SMILES string of the molecule is CCCNc1ncc(Br)c(OCCc2ccccn2)n1. The Morgan fingerprint density at radius 2 is 2.20 bits per heavy atom. The van der Waals surface area contributed by atoms with E-state index in [-0.39, 0.29) is 0 Å². The summed E-state index contributed by atoms with van der Waals surface area (Å²) in [6.07, 6.45) is 5.24. The van der Waals surface area contributed by atoms with Gasteiger partial charge in [-0.3, -0.25) is 4.98 Å². The predicted molar refractivity (Wildman–Crippen MR) is 81.9 cm³/mol. The maximum absolute atomic E-state index is 5.68. The van der Waals surface area contributed by atoms with E-state index < -0.39 is 0 Å². The van der Waals surface area contributed by atoms with E-state index in [9.17, 15) is 0 Å². The molecule has 0 aliphatic rings. The summed E-state index contributed by atoms with van der Waals surface area (Å²) in [6, 6.07) is 5.85. The molecule has 0 saturated heterocycles. The molecule has 0 aromatic carbocycles. The first-order chi connectivity index (χ1) is 9.79. The molecule has 0 amide bonds. The van der Waals surface area contributed by atoms with Gasteiger partial charge in [0.1, 0.15) is 0 Å². The Balaban J connectivity index is 1.91. The summed E-state index contributed by atoms with van der Waals surface area (Å²) in [4.78, 5) is 12.8. The Kier molecular flexibility index (Phi) is 5.73. The molecule has 0 unspecified atom stereocenters. The number of halogens is 1. The van der Waals surface area contributed by atoms with Crippen molar-refractivity contribution < 1.29 is 4.74 Å². The number of nitrogens with one attached hydrogen (secondary N) is 1. The molecule has 20 heavy (non-hydrogen) atoms. The Bertz CT molecular complexity index is 536. The molecule has 2 heterocycles. The lowest BCUT2D eigenvalue weighted by atomic mass is 10.3. The summed E-state index contributed by atoms with van der Waals surface area (Å²) in [5.41, 5.74) is 1.00. The number of hydrogen-bond acceptors (Lipinski definition) is 5. The molecule has 5 nitrogen and oxygen atoms in total. The first kappa shape index (κ1) is 14.7. The van der Waals surface area contributed by atoms with Crippen LogP contribution in [0.3, 0.4) is 0 Å². The van der Waals surface area contributed by atoms with Crippen LogP contribution in [0.1, 0.15) is 19.0 Å². The molecule has 0 aliphatic heterocycles. The highest BCUT2D eigenvalue weighted by Gasteiger charge is 2.06. The standard InChI is InChI=1S/C14H17BrN4O/c1-2-7-17-14-18-10-12(15)13(19-14)20-9-6-11-5-3-4-8-16-11/h3-5,8,10H,2,6-7,9H2,1H3,(H,17,18,19). The zero-order valence-electron chi connectivity index (χ0n) is 11.3. The monoisotopic (exact) mass is 336 g/mol. The van der Waals surface area contributed by atoms with E-state index >= 15 is 0 Å². The highest BCUT2D eigenvalue weighted by Crippen LogP contribution is 2.22. The number of anilines is 1. The van der Waals surface area contributed by atoms with E-state index in [1.165, 1.54) is 0 Å². The molecule has 2 aromatic heterocycles. The fraction of sp³-hybridized carbons (Fsp3) is 0.357. The van der Waals surface area contributed by atoms with Crippen molar-refractivity contribution in [2.75, 3.05) is 18.5 Å². The van der Waals surface area contributed by atoms with Crippen LogP contribution < -0.4 is 10.1 Å². The second-order valence-electron chi connectivity index (χ2n) is 4.19. The lowest BCUT2D eigenvalue weighted by molar-refractivity contribution is 0.306. The largest absolute Gasteiger partial charge is 0.476 e. The third-order valence-electron chi connectivity index (χ3n) is 2.57. The maximum Gasteiger partial charge on any atom is 0.232 e. The normalized spacial score (nSPS) is 10.3. The van der Waals surface area contributed by atoms with Crippen LogP contribution >= 0.6 is 15.9 Å². The van der Waals surface area contributed by atoms with E-state index in [0.717, 1.165) is 29.6 Å². The van der Waals surface area contributed by atoms with Crippen LogP contribution in [0.4, 0.5) is 5.95 Å². The quantitative estimate of drug-likeness (QED) is 0.841. The van der Waals surface area contributed by atoms with Gasteiger partial charge in [-0.2, -0.15) is 4.98 Å². The van der Waals surface area contributed by atoms with Gasteiger partial charge in [0.05, 0.1) is 17.3 Å². The van der Waals surface area contributed by atoms with Gasteiger partial charge in [0.25, 0.3) is 0 Å². The van der Waals surface area contributed by atoms with Crippen LogP contribution in [-0.2, 0) is 6.42 Å². The third kappa shape index (κ3) is 4.45. The minimum Gasteiger partial charge on any atom is -0.476 e. The molecular weight excluding hydrogens is 320 g/mol. The zero-order chi connectivity index (χ0) is 14.2. The molecule has 1 N–H and O–H groups in total. The lowest BCUT2D eigenvalue weighted by Crippen LogP contribution is -2.08. The maximum atomic E-state index is 5.68. The molecule has 6 heteroatoms. The molecular formula is C14H17BrN4O. The predicted octanol–water partition coefficient (Wildman–Crippen LogP) is 3.08. The second kappa shape index (κ2) is 7.79. The van der Waals surface area contributed by atoms with E-state index in [2.05, 4.69) is 43.1 Å². The van der Waals surface area contributed by atoms with Gasteiger partial charge in [0.2, 0.25) is 11.8 Å². The van der Waals surface area contributed by atoms with Crippen molar-refractivity contribution in [2.45, 2.75) is 19.8 Å². The van der Waals surface area contributed by atoms with Gasteiger partial charge in [-0.25, -0.2) is 4.98 Å². The highest BCUT2D eigenvalue weighted by molar-refractivity contribution is 9.10. The summed E-state index contributed by atoms with van der Waals surface area (Å²) in [5, 5.41) is 3.13. The number of aromatic nitrogens is 3. The van der Waals surface area contributed by atoms with Crippen molar-refractivity contribution in [1.29, 1.82) is 0 Å². The summed E-state index contributed by atoms with van der Waals surface area (Å²) in [7, 11) is 0. The second-order valence-corrected chi connectivity index (χ2v) is 5.05. The first-order valence-electron chi connectivity index (χ1n) is 6.58. The van der Waals surface area contributed by atoms with Crippen LogP contribution in [0, 0.1) is 0 Å². The van der Waals surface area contributed by atoms with Crippen molar-refractivity contribution >= 4 is 21.9 Å². The molecule has 0 fully saturated rings. The molecule has 2 aromatic rings. The molecule has 0 radical (unpaired) electrons. The van der Waals surface area contributed by atoms with Gasteiger partial charge in [-0.15, -0.1) is 0 Å². The molecule has 0 spiro atoms. The van der Waals surface area contributed by atoms with E-state index in [1.807, 2.05) is 18.2 Å². The van der Waals surface area contributed by atoms with Crippen LogP contribution in [0.15, 0.2) is 35.1 Å². The van der Waals surface area contributed by atoms with Gasteiger partial charge in [0, 0.05) is 24.9 Å². The van der Waals surface area contributed by atoms with Gasteiger partial charge < -0.3 is 10.1 Å². The van der Waals surface area contributed by atoms with Crippen LogP contribution in [0.25, 0.3) is 0 Å². The van der Waals surface area contributed by atoms with Gasteiger partial charge in [-0.05, 0) is 34.5 Å². The zero-order valence-corrected chi connectivity index (χ0v) is 12.9. The van der Waals surface area contributed by atoms with Crippen molar-refractivity contribution in [2.24, 2.45) is 0 Å². The summed E-state index contributed by atoms with van der Waals surface area (Å²) >= 11 is 3.39. The van der Waals surface area contributed by atoms with E-state index in [4.69, 9.17) is 4.74 Å². The van der Waals surface area contributed by atoms with Crippen LogP contribution in [0.5, 0.6) is 5.88 Å². The molecule has 2 rings (SSSR count). The number of hydrogen-bond donors (Lipinski definition) is 1. The number of nitrogens with zero attached hydrogens (tertiary/aromatic N) is 3. The Hall–Kier alpha value is -1.69. The molecule has 0 atom stereocenters. The van der Waals surface area contributed by atoms with E-state index in [1.54, 1.807) is 12.4 Å². The number of pyridine rings is 1. The molecule has 106 valence electrons. The average Bonchev–Trinajstić information content (AvgIpc) is 2.49. The van der Waals surface area contributed by atoms with Crippen LogP contribution in [0.2, 0.25) is 0 Å². The summed E-state index contributed by atoms with van der Waals surface area (Å²) in [5.74, 6) is 1.14. The minimum atomic E-state index is 0.528. The van der Waals surface area contributed by atoms with Gasteiger partial charge in [-0.1, -0.05) is 13.0 Å². The van der Waals surface area contributed by atoms with Crippen molar-refractivity contribution in [3.63, 3.8) is 0 Å². The fourth-order valence-electron chi connectivity index (χ4n) is 1.57. The van der Waals surface area contributed by atoms with Gasteiger partial charge >= 0.3 is 0 Å². The number of ether oxygens (including phenoxy) is 1. The Morgan fingerprint density at radius 3 is 2.95 bits per heavy atom. The molecule has 0 aliphatic carbocycles.